The Labute approximate surface area is 249 Å². The third kappa shape index (κ3) is 6.73. The van der Waals surface area contributed by atoms with Gasteiger partial charge in [-0.3, -0.25) is 19.3 Å². The fourth-order valence-electron chi connectivity index (χ4n) is 5.80. The Morgan fingerprint density at radius 3 is 2.24 bits per heavy atom. The number of nitrogens with one attached hydrogen (secondary N) is 2. The highest BCUT2D eigenvalue weighted by molar-refractivity contribution is 7.09. The van der Waals surface area contributed by atoms with Crippen molar-refractivity contribution in [1.29, 1.82) is 0 Å². The van der Waals surface area contributed by atoms with E-state index in [0.29, 0.717) is 16.3 Å². The van der Waals surface area contributed by atoms with Crippen LogP contribution >= 0.6 is 23.1 Å². The van der Waals surface area contributed by atoms with E-state index >= 15 is 0 Å². The van der Waals surface area contributed by atoms with E-state index in [2.05, 4.69) is 15.0 Å². The van der Waals surface area contributed by atoms with Crippen molar-refractivity contribution < 1.29 is 14.4 Å². The zero-order valence-corrected chi connectivity index (χ0v) is 24.8. The Morgan fingerprint density at radius 2 is 1.59 bits per heavy atom. The summed E-state index contributed by atoms with van der Waals surface area (Å²) in [5.74, 6) is -1.16. The van der Waals surface area contributed by atoms with Gasteiger partial charge in [0.25, 0.3) is 11.8 Å². The first-order valence-corrected chi connectivity index (χ1v) is 15.5. The molecule has 0 saturated heterocycles. The average molecular weight is 594 g/mol. The van der Waals surface area contributed by atoms with Crippen LogP contribution < -0.4 is 21.3 Å². The number of halogens is 1. The maximum absolute atomic E-state index is 14.4. The molecule has 0 radical (unpaired) electrons. The monoisotopic (exact) mass is 593 g/mol. The van der Waals surface area contributed by atoms with Gasteiger partial charge in [-0.2, -0.15) is 4.37 Å². The molecule has 1 unspecified atom stereocenters. The standard InChI is InChI=1S/C31H36ClN5O3S/c1-19-8-7-13-24(18-19)37(27(20-14-16-21(32)17-15-20)30(39)35-23-11-5-6-12-23)31(40)28-25(33)26(36-41-28)29(38)34-22-9-3-2-4-10-22/h7-8,13-18,22-23,27H,2-6,9-12,33H2,1H3,(H,34,38)(H,35,39). The van der Waals surface area contributed by atoms with Gasteiger partial charge in [0.05, 0.1) is 5.69 Å². The van der Waals surface area contributed by atoms with E-state index in [1.165, 1.54) is 11.3 Å². The molecule has 2 aliphatic carbocycles. The number of hydrogen-bond donors (Lipinski definition) is 3. The van der Waals surface area contributed by atoms with E-state index < -0.39 is 11.9 Å². The van der Waals surface area contributed by atoms with Crippen LogP contribution in [0.3, 0.4) is 0 Å². The third-order valence-corrected chi connectivity index (χ3v) is 9.07. The normalized spacial score (nSPS) is 16.7. The predicted octanol–water partition coefficient (Wildman–Crippen LogP) is 6.20. The molecule has 41 heavy (non-hydrogen) atoms. The van der Waals surface area contributed by atoms with Crippen molar-refractivity contribution >= 4 is 52.2 Å². The van der Waals surface area contributed by atoms with Crippen LogP contribution in [0, 0.1) is 6.92 Å². The molecular formula is C31H36ClN5O3S. The summed E-state index contributed by atoms with van der Waals surface area (Å²) in [6, 6.07) is 13.5. The van der Waals surface area contributed by atoms with Crippen molar-refractivity contribution in [1.82, 2.24) is 15.0 Å². The first-order chi connectivity index (χ1) is 19.8. The quantitative estimate of drug-likeness (QED) is 0.288. The second kappa shape index (κ2) is 13.0. The zero-order chi connectivity index (χ0) is 28.9. The van der Waals surface area contributed by atoms with Gasteiger partial charge in [0.15, 0.2) is 5.69 Å². The van der Waals surface area contributed by atoms with Crippen molar-refractivity contribution in [3.05, 3.63) is 75.3 Å². The van der Waals surface area contributed by atoms with Crippen LogP contribution in [-0.2, 0) is 4.79 Å². The Hall–Kier alpha value is -3.43. The first-order valence-electron chi connectivity index (χ1n) is 14.3. The van der Waals surface area contributed by atoms with Gasteiger partial charge in [-0.25, -0.2) is 0 Å². The summed E-state index contributed by atoms with van der Waals surface area (Å²) < 4.78 is 4.31. The molecule has 216 valence electrons. The highest BCUT2D eigenvalue weighted by Gasteiger charge is 2.37. The molecule has 0 spiro atoms. The Morgan fingerprint density at radius 1 is 0.951 bits per heavy atom. The lowest BCUT2D eigenvalue weighted by atomic mass is 9.95. The van der Waals surface area contributed by atoms with E-state index in [4.69, 9.17) is 17.3 Å². The molecule has 0 bridgehead atoms. The Kier molecular flexibility index (Phi) is 9.25. The molecule has 0 aliphatic heterocycles. The molecule has 2 aliphatic rings. The van der Waals surface area contributed by atoms with Crippen LogP contribution in [0.15, 0.2) is 48.5 Å². The van der Waals surface area contributed by atoms with Gasteiger partial charge in [-0.05, 0) is 79.5 Å². The van der Waals surface area contributed by atoms with Crippen LogP contribution in [0.2, 0.25) is 5.02 Å². The molecule has 10 heteroatoms. The number of carbonyl (C=O) groups is 3. The number of amides is 3. The summed E-state index contributed by atoms with van der Waals surface area (Å²) in [5, 5.41) is 6.73. The van der Waals surface area contributed by atoms with Gasteiger partial charge < -0.3 is 16.4 Å². The van der Waals surface area contributed by atoms with Crippen LogP contribution in [-0.4, -0.2) is 34.2 Å². The number of nitrogen functional groups attached to an aromatic ring is 1. The molecule has 8 nitrogen and oxygen atoms in total. The lowest BCUT2D eigenvalue weighted by Gasteiger charge is -2.32. The number of hydrogen-bond acceptors (Lipinski definition) is 6. The van der Waals surface area contributed by atoms with Crippen LogP contribution in [0.25, 0.3) is 0 Å². The topological polar surface area (TPSA) is 117 Å². The fraction of sp³-hybridized carbons (Fsp3) is 0.419. The minimum absolute atomic E-state index is 0.0250. The van der Waals surface area contributed by atoms with Crippen LogP contribution in [0.5, 0.6) is 0 Å². The molecule has 1 atom stereocenters. The highest BCUT2D eigenvalue weighted by atomic mass is 35.5. The van der Waals surface area contributed by atoms with Gasteiger partial charge in [0.2, 0.25) is 5.91 Å². The summed E-state index contributed by atoms with van der Waals surface area (Å²) in [4.78, 5) is 43.1. The zero-order valence-electron chi connectivity index (χ0n) is 23.2. The van der Waals surface area contributed by atoms with Crippen molar-refractivity contribution in [2.75, 3.05) is 10.6 Å². The number of carbonyl (C=O) groups excluding carboxylic acids is 3. The largest absolute Gasteiger partial charge is 0.395 e. The number of aryl methyl sites for hydroxylation is 1. The minimum Gasteiger partial charge on any atom is -0.395 e. The molecule has 3 aromatic rings. The summed E-state index contributed by atoms with van der Waals surface area (Å²) in [5.41, 5.74) is 8.59. The SMILES string of the molecule is Cc1cccc(N(C(=O)c2snc(C(=O)NC3CCCCC3)c2N)C(C(=O)NC2CCCC2)c2ccc(Cl)cc2)c1. The number of nitrogens with two attached hydrogens (primary N) is 1. The minimum atomic E-state index is -0.997. The molecule has 2 saturated carbocycles. The van der Waals surface area contributed by atoms with Crippen LogP contribution in [0.1, 0.15) is 95.1 Å². The first kappa shape index (κ1) is 29.1. The van der Waals surface area contributed by atoms with Gasteiger partial charge in [-0.1, -0.05) is 68.0 Å². The molecule has 1 heterocycles. The predicted molar refractivity (Wildman–Crippen MR) is 163 cm³/mol. The van der Waals surface area contributed by atoms with Crippen molar-refractivity contribution in [2.45, 2.75) is 82.8 Å². The van der Waals surface area contributed by atoms with Crippen molar-refractivity contribution in [2.24, 2.45) is 0 Å². The second-order valence-corrected chi connectivity index (χ2v) is 12.3. The second-order valence-electron chi connectivity index (χ2n) is 11.0. The average Bonchev–Trinajstić information content (AvgIpc) is 3.62. The number of nitrogens with zero attached hydrogens (tertiary/aromatic N) is 2. The molecule has 4 N–H and O–H groups in total. The van der Waals surface area contributed by atoms with E-state index in [1.807, 2.05) is 25.1 Å². The van der Waals surface area contributed by atoms with Gasteiger partial charge in [0, 0.05) is 22.8 Å². The molecule has 5 rings (SSSR count). The molecule has 2 fully saturated rings. The summed E-state index contributed by atoms with van der Waals surface area (Å²) in [7, 11) is 0. The number of rotatable bonds is 8. The number of benzene rings is 2. The third-order valence-electron chi connectivity index (χ3n) is 7.97. The van der Waals surface area contributed by atoms with Crippen molar-refractivity contribution in [3.8, 4) is 0 Å². The van der Waals surface area contributed by atoms with E-state index in [1.54, 1.807) is 30.3 Å². The van der Waals surface area contributed by atoms with Crippen molar-refractivity contribution in [3.63, 3.8) is 0 Å². The van der Waals surface area contributed by atoms with Gasteiger partial charge in [0.1, 0.15) is 10.9 Å². The Bertz CT molecular complexity index is 1400. The maximum Gasteiger partial charge on any atom is 0.273 e. The van der Waals surface area contributed by atoms with Gasteiger partial charge >= 0.3 is 0 Å². The fourth-order valence-corrected chi connectivity index (χ4v) is 6.66. The summed E-state index contributed by atoms with van der Waals surface area (Å²) in [6.07, 6.45) is 9.06. The molecule has 1 aromatic heterocycles. The lowest BCUT2D eigenvalue weighted by molar-refractivity contribution is -0.123. The maximum atomic E-state index is 14.4. The summed E-state index contributed by atoms with van der Waals surface area (Å²) >= 11 is 7.07. The molecular weight excluding hydrogens is 558 g/mol. The van der Waals surface area contributed by atoms with E-state index in [9.17, 15) is 14.4 Å². The smallest absolute Gasteiger partial charge is 0.273 e. The number of aromatic nitrogens is 1. The van der Waals surface area contributed by atoms with Crippen LogP contribution in [0.4, 0.5) is 11.4 Å². The van der Waals surface area contributed by atoms with Gasteiger partial charge in [-0.15, -0.1) is 0 Å². The highest BCUT2D eigenvalue weighted by Crippen LogP contribution is 2.34. The molecule has 2 aromatic carbocycles. The van der Waals surface area contributed by atoms with E-state index in [0.717, 1.165) is 68.5 Å². The Balaban J connectivity index is 1.53. The molecule has 3 amide bonds. The van der Waals surface area contributed by atoms with E-state index in [-0.39, 0.29) is 40.2 Å². The summed E-state index contributed by atoms with van der Waals surface area (Å²) in [6.45, 7) is 1.93. The lowest BCUT2D eigenvalue weighted by Crippen LogP contribution is -2.46. The number of anilines is 2.